The van der Waals surface area contributed by atoms with Gasteiger partial charge in [0.25, 0.3) is 0 Å². The van der Waals surface area contributed by atoms with E-state index in [1.807, 2.05) is 0 Å². The van der Waals surface area contributed by atoms with E-state index in [-0.39, 0.29) is 51.4 Å². The summed E-state index contributed by atoms with van der Waals surface area (Å²) in [6.45, 7) is 4.33. The van der Waals surface area contributed by atoms with E-state index in [4.69, 9.17) is 0 Å². The first-order valence-electron chi connectivity index (χ1n) is 1.70. The second-order valence-electron chi connectivity index (χ2n) is 0.846. The van der Waals surface area contributed by atoms with Crippen LogP contribution in [0.2, 0.25) is 0 Å². The van der Waals surface area contributed by atoms with Gasteiger partial charge >= 0.3 is 51.4 Å². The van der Waals surface area contributed by atoms with E-state index in [0.29, 0.717) is 0 Å². The summed E-state index contributed by atoms with van der Waals surface area (Å²) in [5.41, 5.74) is 0. The van der Waals surface area contributed by atoms with Crippen molar-refractivity contribution in [3.8, 4) is 0 Å². The summed E-state index contributed by atoms with van der Waals surface area (Å²) in [7, 11) is 1.67. The Bertz CT molecular complexity index is 15.0. The molecular formula is C4H9KO. The van der Waals surface area contributed by atoms with Crippen LogP contribution in [-0.4, -0.2) is 13.7 Å². The van der Waals surface area contributed by atoms with Crippen LogP contribution in [0.15, 0.2) is 0 Å². The third kappa shape index (κ3) is 9.14. The van der Waals surface area contributed by atoms with Crippen LogP contribution in [0.1, 0.15) is 6.42 Å². The van der Waals surface area contributed by atoms with Gasteiger partial charge in [-0.1, -0.05) is 0 Å². The number of rotatable bonds is 2. The van der Waals surface area contributed by atoms with Crippen LogP contribution >= 0.6 is 0 Å². The maximum absolute atomic E-state index is 4.63. The fourth-order valence-electron chi connectivity index (χ4n) is 0.144. The van der Waals surface area contributed by atoms with Gasteiger partial charge in [0.2, 0.25) is 0 Å². The van der Waals surface area contributed by atoms with Gasteiger partial charge in [0.15, 0.2) is 0 Å². The topological polar surface area (TPSA) is 9.23 Å². The molecule has 0 heterocycles. The maximum atomic E-state index is 4.63. The van der Waals surface area contributed by atoms with Crippen LogP contribution < -0.4 is 51.4 Å². The van der Waals surface area contributed by atoms with E-state index in [9.17, 15) is 0 Å². The third-order valence-corrected chi connectivity index (χ3v) is 0.348. The standard InChI is InChI=1S/C4H9O.K/c1-3-4-5-2;/h1,3-4H2,2H3;/q-1;+1. The Labute approximate surface area is 81.9 Å². The van der Waals surface area contributed by atoms with Crippen molar-refractivity contribution in [3.05, 3.63) is 6.92 Å². The number of hydrogen-bond acceptors (Lipinski definition) is 1. The average molecular weight is 112 g/mol. The summed E-state index contributed by atoms with van der Waals surface area (Å²) in [5.74, 6) is 0. The van der Waals surface area contributed by atoms with E-state index >= 15 is 0 Å². The zero-order chi connectivity index (χ0) is 4.12. The number of methoxy groups -OCH3 is 1. The van der Waals surface area contributed by atoms with Crippen molar-refractivity contribution in [1.29, 1.82) is 0 Å². The van der Waals surface area contributed by atoms with Crippen molar-refractivity contribution < 1.29 is 56.1 Å². The molecule has 0 saturated carbocycles. The third-order valence-electron chi connectivity index (χ3n) is 0.348. The molecule has 6 heavy (non-hydrogen) atoms. The first-order chi connectivity index (χ1) is 2.41. The molecule has 0 fully saturated rings. The molecule has 0 aromatic carbocycles. The molecule has 0 aromatic heterocycles. The Morgan fingerprint density at radius 2 is 2.17 bits per heavy atom. The molecule has 0 unspecified atom stereocenters. The van der Waals surface area contributed by atoms with Gasteiger partial charge in [-0.05, 0) is 0 Å². The normalized spacial score (nSPS) is 7.00. The molecule has 0 aliphatic heterocycles. The van der Waals surface area contributed by atoms with Gasteiger partial charge in [-0.3, -0.25) is 0 Å². The van der Waals surface area contributed by atoms with Crippen molar-refractivity contribution in [2.75, 3.05) is 13.7 Å². The molecule has 0 rings (SSSR count). The van der Waals surface area contributed by atoms with Gasteiger partial charge in [0.05, 0.1) is 0 Å². The zero-order valence-corrected chi connectivity index (χ0v) is 7.65. The van der Waals surface area contributed by atoms with Crippen molar-refractivity contribution in [3.63, 3.8) is 0 Å². The van der Waals surface area contributed by atoms with E-state index in [2.05, 4.69) is 11.7 Å². The molecule has 0 amide bonds. The number of ether oxygens (including phenoxy) is 1. The monoisotopic (exact) mass is 112 g/mol. The molecule has 0 saturated heterocycles. The second-order valence-corrected chi connectivity index (χ2v) is 0.846. The average Bonchev–Trinajstić information content (AvgIpc) is 1.41. The summed E-state index contributed by atoms with van der Waals surface area (Å²) in [6.07, 6.45) is 0.872. The van der Waals surface area contributed by atoms with Crippen molar-refractivity contribution >= 4 is 0 Å². The predicted octanol–water partition coefficient (Wildman–Crippen LogP) is -2.14. The molecule has 1 nitrogen and oxygen atoms in total. The molecule has 0 spiro atoms. The van der Waals surface area contributed by atoms with Gasteiger partial charge < -0.3 is 11.7 Å². The van der Waals surface area contributed by atoms with Gasteiger partial charge in [-0.2, -0.15) is 6.42 Å². The van der Waals surface area contributed by atoms with Crippen LogP contribution in [0.3, 0.4) is 0 Å². The first-order valence-corrected chi connectivity index (χ1v) is 1.70. The maximum Gasteiger partial charge on any atom is 1.00 e. The van der Waals surface area contributed by atoms with E-state index in [1.165, 1.54) is 0 Å². The molecule has 0 aromatic rings. The van der Waals surface area contributed by atoms with Crippen LogP contribution in [0.25, 0.3) is 0 Å². The predicted molar refractivity (Wildman–Crippen MR) is 21.8 cm³/mol. The smallest absolute Gasteiger partial charge is 0.387 e. The Balaban J connectivity index is 0. The van der Waals surface area contributed by atoms with E-state index < -0.39 is 0 Å². The van der Waals surface area contributed by atoms with Crippen LogP contribution in [0.4, 0.5) is 0 Å². The van der Waals surface area contributed by atoms with Gasteiger partial charge in [-0.15, -0.1) is 0 Å². The molecule has 32 valence electrons. The fourth-order valence-corrected chi connectivity index (χ4v) is 0.144. The Morgan fingerprint density at radius 1 is 1.67 bits per heavy atom. The van der Waals surface area contributed by atoms with E-state index in [0.717, 1.165) is 13.0 Å². The molecule has 0 aliphatic carbocycles. The summed E-state index contributed by atoms with van der Waals surface area (Å²) in [6, 6.07) is 0. The van der Waals surface area contributed by atoms with Gasteiger partial charge in [0.1, 0.15) is 0 Å². The largest absolute Gasteiger partial charge is 1.00 e. The van der Waals surface area contributed by atoms with Crippen molar-refractivity contribution in [2.24, 2.45) is 0 Å². The quantitative estimate of drug-likeness (QED) is 0.293. The Morgan fingerprint density at radius 3 is 2.17 bits per heavy atom. The SMILES string of the molecule is [CH2-]CCOC.[K+]. The molecule has 0 aliphatic rings. The molecule has 0 atom stereocenters. The van der Waals surface area contributed by atoms with Crippen LogP contribution in [-0.2, 0) is 4.74 Å². The second kappa shape index (κ2) is 9.78. The van der Waals surface area contributed by atoms with Crippen LogP contribution in [0.5, 0.6) is 0 Å². The summed E-state index contributed by atoms with van der Waals surface area (Å²) >= 11 is 0. The minimum atomic E-state index is 0. The minimum absolute atomic E-state index is 0. The first kappa shape index (κ1) is 10.6. The molecule has 0 bridgehead atoms. The Kier molecular flexibility index (Phi) is 17.2. The molecule has 0 N–H and O–H groups in total. The number of hydrogen-bond donors (Lipinski definition) is 0. The summed E-state index contributed by atoms with van der Waals surface area (Å²) < 4.78 is 4.63. The fraction of sp³-hybridized carbons (Fsp3) is 0.750. The summed E-state index contributed by atoms with van der Waals surface area (Å²) in [5, 5.41) is 0. The van der Waals surface area contributed by atoms with Gasteiger partial charge in [0, 0.05) is 13.7 Å². The molecule has 0 radical (unpaired) electrons. The Hall–Kier alpha value is 1.60. The van der Waals surface area contributed by atoms with Gasteiger partial charge in [-0.25, -0.2) is 0 Å². The van der Waals surface area contributed by atoms with Crippen molar-refractivity contribution in [1.82, 2.24) is 0 Å². The van der Waals surface area contributed by atoms with Crippen LogP contribution in [0, 0.1) is 6.92 Å². The van der Waals surface area contributed by atoms with Crippen molar-refractivity contribution in [2.45, 2.75) is 6.42 Å². The molecular weight excluding hydrogens is 103 g/mol. The minimum Gasteiger partial charge on any atom is -0.387 e. The van der Waals surface area contributed by atoms with E-state index in [1.54, 1.807) is 7.11 Å². The molecule has 2 heteroatoms. The summed E-state index contributed by atoms with van der Waals surface area (Å²) in [4.78, 5) is 0. The zero-order valence-electron chi connectivity index (χ0n) is 4.53.